The predicted molar refractivity (Wildman–Crippen MR) is 299 cm³/mol. The summed E-state index contributed by atoms with van der Waals surface area (Å²) in [7, 11) is 2.37. The largest absolute Gasteiger partial charge is 0.509 e. The molecule has 3 fully saturated rings. The van der Waals surface area contributed by atoms with Crippen LogP contribution in [-0.4, -0.2) is 132 Å². The highest BCUT2D eigenvalue weighted by Crippen LogP contribution is 2.64. The van der Waals surface area contributed by atoms with E-state index in [9.17, 15) is 34.2 Å². The number of hydrogen-bond donors (Lipinski definition) is 3. The van der Waals surface area contributed by atoms with Gasteiger partial charge in [0.15, 0.2) is 17.5 Å². The number of para-hydroxylation sites is 1. The van der Waals surface area contributed by atoms with Gasteiger partial charge < -0.3 is 58.2 Å². The van der Waals surface area contributed by atoms with Crippen LogP contribution in [0.15, 0.2) is 71.9 Å². The number of amides is 1. The van der Waals surface area contributed by atoms with Crippen molar-refractivity contribution in [3.63, 3.8) is 0 Å². The molecule has 5 rings (SSSR count). The minimum Gasteiger partial charge on any atom is -0.496 e. The number of Topliss-reactive ketones (excluding diaryl/α,β-unsaturated/α-hetero) is 1. The summed E-state index contributed by atoms with van der Waals surface area (Å²) in [6, 6.07) is 4.89. The van der Waals surface area contributed by atoms with Crippen LogP contribution in [0.25, 0.3) is 0 Å². The molecule has 1 aromatic rings. The van der Waals surface area contributed by atoms with E-state index in [-0.39, 0.29) is 54.2 Å². The average Bonchev–Trinajstić information content (AvgIpc) is 3.58. The van der Waals surface area contributed by atoms with Gasteiger partial charge in [0.25, 0.3) is 0 Å². The number of esters is 4. The summed E-state index contributed by atoms with van der Waals surface area (Å²) in [5.41, 5.74) is -9.40. The van der Waals surface area contributed by atoms with Gasteiger partial charge in [-0.05, 0) is 109 Å². The fraction of sp³-hybridized carbons (Fsp3) is 0.661. The number of allylic oxidation sites excluding steroid dienone is 6. The molecule has 1 saturated heterocycles. The van der Waals surface area contributed by atoms with Gasteiger partial charge in [0, 0.05) is 31.6 Å². The van der Waals surface area contributed by atoms with Gasteiger partial charge in [-0.15, -0.1) is 0 Å². The Balaban J connectivity index is 1.58. The molecule has 19 heteroatoms. The van der Waals surface area contributed by atoms with Crippen molar-refractivity contribution in [2.75, 3.05) is 20.8 Å². The second-order valence-electron chi connectivity index (χ2n) is 23.9. The Morgan fingerprint density at radius 2 is 1.53 bits per heavy atom. The number of aliphatic hydroxyl groups excluding tert-OH is 1. The van der Waals surface area contributed by atoms with Crippen LogP contribution in [0.3, 0.4) is 0 Å². The summed E-state index contributed by atoms with van der Waals surface area (Å²) in [6.45, 7) is 17.5. The molecule has 81 heavy (non-hydrogen) atoms. The molecule has 1 unspecified atom stereocenters. The molecule has 1 heterocycles. The summed E-state index contributed by atoms with van der Waals surface area (Å²) in [5, 5.41) is 29.1. The third-order valence-corrected chi connectivity index (χ3v) is 16.1. The summed E-state index contributed by atoms with van der Waals surface area (Å²) in [4.78, 5) is 100. The van der Waals surface area contributed by atoms with E-state index in [0.29, 0.717) is 12.8 Å². The molecule has 1 amide bonds. The average molecular weight is 1140 g/mol. The molecule has 0 spiro atoms. The normalized spacial score (nSPS) is 27.7. The number of ether oxygens (including phenoxy) is 9. The predicted octanol–water partition coefficient (Wildman–Crippen LogP) is 9.87. The van der Waals surface area contributed by atoms with Crippen molar-refractivity contribution in [1.29, 1.82) is 0 Å². The Hall–Kier alpha value is -6.05. The Bertz CT molecular complexity index is 2520. The van der Waals surface area contributed by atoms with Gasteiger partial charge >= 0.3 is 36.1 Å². The second-order valence-corrected chi connectivity index (χ2v) is 23.9. The zero-order valence-electron chi connectivity index (χ0n) is 49.8. The Morgan fingerprint density at radius 1 is 0.889 bits per heavy atom. The fourth-order valence-electron chi connectivity index (χ4n) is 12.0. The van der Waals surface area contributed by atoms with E-state index in [4.69, 9.17) is 42.6 Å². The van der Waals surface area contributed by atoms with Crippen LogP contribution in [0.2, 0.25) is 0 Å². The third kappa shape index (κ3) is 15.3. The molecule has 0 radical (unpaired) electrons. The van der Waals surface area contributed by atoms with Crippen molar-refractivity contribution in [2.45, 2.75) is 219 Å². The van der Waals surface area contributed by atoms with Crippen molar-refractivity contribution in [3.05, 3.63) is 77.4 Å². The molecule has 19 nitrogen and oxygen atoms in total. The van der Waals surface area contributed by atoms with Crippen LogP contribution >= 0.6 is 0 Å². The van der Waals surface area contributed by atoms with Crippen LogP contribution in [0.1, 0.15) is 170 Å². The molecule has 1 aliphatic heterocycles. The molecule has 3 N–H and O–H groups in total. The third-order valence-electron chi connectivity index (χ3n) is 16.1. The highest BCUT2D eigenvalue weighted by Gasteiger charge is 2.78. The molecule has 2 saturated carbocycles. The first-order chi connectivity index (χ1) is 38.1. The van der Waals surface area contributed by atoms with Gasteiger partial charge in [-0.25, -0.2) is 19.2 Å². The molecular weight excluding hydrogens is 1050 g/mol. The van der Waals surface area contributed by atoms with Crippen molar-refractivity contribution in [3.8, 4) is 5.75 Å². The highest BCUT2D eigenvalue weighted by molar-refractivity contribution is 5.96. The monoisotopic (exact) mass is 1140 g/mol. The molecule has 3 aliphatic carbocycles. The smallest absolute Gasteiger partial charge is 0.496 e. The van der Waals surface area contributed by atoms with Crippen LogP contribution in [-0.2, 0) is 57.1 Å². The summed E-state index contributed by atoms with van der Waals surface area (Å²) in [6.07, 6.45) is 7.42. The van der Waals surface area contributed by atoms with E-state index in [1.54, 1.807) is 32.9 Å². The van der Waals surface area contributed by atoms with E-state index < -0.39 is 125 Å². The number of methoxy groups -OCH3 is 2. The number of alkyl carbamates (subject to hydrolysis) is 1. The minimum atomic E-state index is -2.52. The maximum Gasteiger partial charge on any atom is 0.509 e. The lowest BCUT2D eigenvalue weighted by molar-refractivity contribution is -0.346. The number of carbonyl (C=O) groups excluding carboxylic acids is 7. The molecule has 0 aromatic heterocycles. The topological polar surface area (TPSA) is 255 Å². The standard InChI is InChI=1S/C62H89NO18/c1-14-15-16-17-18-19-20-21-22-23-24-25-26-27-28-33-47(66)77-49(42(34-38(2)3)63-56(70)81-58(6,7)8)55(69)76-44-36-62(72)53(79-54(68)41-31-29-30-32-43(41)73-12)51-60(11,45(65)35-46-61(51,37-75-46)80-40(5)64)52(67)50(78-57(71)74-13)48(39(44)4)59(62,9)10/h16-17,19-20,22-23,29-32,38,42,44-46,49-51,53,65,72H,14-15,18,21,24-28,33-37H2,1-13H3,(H,63,70)/b17-16-,20-19-,23-22-/t42-,44-,45-,46+,49+,50+,51?,53-,60+,61-,62+/m0/s1. The van der Waals surface area contributed by atoms with Gasteiger partial charge in [0.1, 0.15) is 40.8 Å². The van der Waals surface area contributed by atoms with Gasteiger partial charge in [0.05, 0.1) is 44.3 Å². The van der Waals surface area contributed by atoms with Crippen molar-refractivity contribution < 1.29 is 86.4 Å². The number of carbonyl (C=O) groups is 7. The number of unbranched alkanes of at least 4 members (excludes halogenated alkanes) is 5. The Kier molecular flexibility index (Phi) is 23.0. The minimum absolute atomic E-state index is 0.0763. The number of fused-ring (bicyclic) bond motifs is 5. The molecule has 2 bridgehead atoms. The zero-order chi connectivity index (χ0) is 60.1. The second kappa shape index (κ2) is 28.3. The number of benzene rings is 1. The van der Waals surface area contributed by atoms with Crippen LogP contribution in [0.5, 0.6) is 5.75 Å². The first kappa shape index (κ1) is 65.8. The zero-order valence-corrected chi connectivity index (χ0v) is 49.8. The summed E-state index contributed by atoms with van der Waals surface area (Å²) < 4.78 is 53.1. The highest BCUT2D eigenvalue weighted by atomic mass is 16.7. The lowest BCUT2D eigenvalue weighted by Gasteiger charge is -2.67. The van der Waals surface area contributed by atoms with Gasteiger partial charge in [0.2, 0.25) is 6.10 Å². The lowest BCUT2D eigenvalue weighted by Crippen LogP contribution is -2.82. The Morgan fingerprint density at radius 3 is 2.12 bits per heavy atom. The van der Waals surface area contributed by atoms with E-state index >= 15 is 9.59 Å². The van der Waals surface area contributed by atoms with E-state index in [2.05, 4.69) is 48.7 Å². The van der Waals surface area contributed by atoms with E-state index in [1.807, 2.05) is 13.8 Å². The molecular formula is C62H89NO18. The van der Waals surface area contributed by atoms with Gasteiger partial charge in [-0.1, -0.05) is 102 Å². The lowest BCUT2D eigenvalue weighted by atomic mass is 9.44. The molecule has 11 atom stereocenters. The number of rotatable bonds is 25. The number of aliphatic hydroxyl groups is 2. The SMILES string of the molecule is CCC/C=C\C/C=C\C/C=C\CCCCCCC(=O)O[C@@H](C(=O)O[C@H]1C[C@@]2(O)[C@@H](OC(=O)c3ccccc3OC)C3[C@](C)(C(=O)[C@H](OC(=O)OC)C(=C1C)C2(C)C)[C@@H](O)C[C@H]1OC[C@@]31OC(C)=O)[C@H](CC(C)C)NC(=O)OC(C)(C)C. The van der Waals surface area contributed by atoms with Crippen LogP contribution < -0.4 is 10.1 Å². The first-order valence-corrected chi connectivity index (χ1v) is 28.5. The maximum absolute atomic E-state index is 15.9. The number of hydrogen-bond acceptors (Lipinski definition) is 18. The van der Waals surface area contributed by atoms with Crippen molar-refractivity contribution in [1.82, 2.24) is 5.32 Å². The van der Waals surface area contributed by atoms with E-state index in [0.717, 1.165) is 59.0 Å². The molecule has 450 valence electrons. The van der Waals surface area contributed by atoms with Crippen molar-refractivity contribution >= 4 is 41.9 Å². The number of ketones is 1. The maximum atomic E-state index is 15.9. The Labute approximate surface area is 477 Å². The molecule has 4 aliphatic rings. The van der Waals surface area contributed by atoms with Gasteiger partial charge in [-0.3, -0.25) is 14.4 Å². The summed E-state index contributed by atoms with van der Waals surface area (Å²) >= 11 is 0. The first-order valence-electron chi connectivity index (χ1n) is 28.5. The van der Waals surface area contributed by atoms with E-state index in [1.165, 1.54) is 46.9 Å². The fourth-order valence-corrected chi connectivity index (χ4v) is 12.0. The van der Waals surface area contributed by atoms with Crippen LogP contribution in [0.4, 0.5) is 9.59 Å². The van der Waals surface area contributed by atoms with Crippen LogP contribution in [0, 0.1) is 22.7 Å². The summed E-state index contributed by atoms with van der Waals surface area (Å²) in [5.74, 6) is -6.51. The van der Waals surface area contributed by atoms with Gasteiger partial charge in [-0.2, -0.15) is 0 Å². The quantitative estimate of drug-likeness (QED) is 0.0356. The van der Waals surface area contributed by atoms with Crippen molar-refractivity contribution in [2.24, 2.45) is 22.7 Å². The number of nitrogens with one attached hydrogen (secondary N) is 1. The molecule has 1 aromatic carbocycles.